The van der Waals surface area contributed by atoms with Crippen molar-refractivity contribution in [1.29, 1.82) is 0 Å². The number of likely N-dealkylation sites (N-methyl/N-ethyl adjacent to an activating group) is 1. The zero-order chi connectivity index (χ0) is 22.8. The van der Waals surface area contributed by atoms with Gasteiger partial charge in [-0.25, -0.2) is 0 Å². The van der Waals surface area contributed by atoms with Crippen LogP contribution in [-0.2, 0) is 14.1 Å². The number of carbonyl (C=O) groups excluding carboxylic acids is 3. The number of ketones is 2. The van der Waals surface area contributed by atoms with Crippen LogP contribution in [-0.4, -0.2) is 69.5 Å². The summed E-state index contributed by atoms with van der Waals surface area (Å²) < 4.78 is 5.47. The maximum atomic E-state index is 13.4. The number of anilines is 1. The van der Waals surface area contributed by atoms with Gasteiger partial charge in [0.1, 0.15) is 22.8 Å². The molecule has 4 rings (SSSR count). The van der Waals surface area contributed by atoms with Gasteiger partial charge in [0, 0.05) is 21.1 Å². The average Bonchev–Trinajstić information content (AvgIpc) is 2.67. The lowest BCUT2D eigenvalue weighted by molar-refractivity contribution is -0.141. The Kier molecular flexibility index (Phi) is 4.84. The molecule has 1 aromatic carbocycles. The minimum absolute atomic E-state index is 0.0430. The summed E-state index contributed by atoms with van der Waals surface area (Å²) >= 11 is 0. The number of Topliss-reactive ketones (excluding diaryl/α,β-unsaturated/α-hetero) is 2. The quantitative estimate of drug-likeness (QED) is 0.329. The van der Waals surface area contributed by atoms with Gasteiger partial charge in [0.05, 0.1) is 23.2 Å². The average molecular weight is 447 g/mol. The molecule has 1 heterocycles. The van der Waals surface area contributed by atoms with Crippen molar-refractivity contribution < 1.29 is 34.2 Å². The van der Waals surface area contributed by atoms with Crippen molar-refractivity contribution in [2.24, 2.45) is 11.7 Å². The molecule has 0 saturated heterocycles. The van der Waals surface area contributed by atoms with Crippen LogP contribution in [0.4, 0.5) is 5.69 Å². The van der Waals surface area contributed by atoms with Gasteiger partial charge in [0.15, 0.2) is 11.4 Å². The third kappa shape index (κ3) is 2.65. The van der Waals surface area contributed by atoms with Crippen molar-refractivity contribution >= 4 is 32.6 Å². The molecule has 0 fully saturated rings. The second-order valence-corrected chi connectivity index (χ2v) is 8.28. The lowest BCUT2D eigenvalue weighted by atomic mass is 9.61. The van der Waals surface area contributed by atoms with Crippen molar-refractivity contribution in [2.45, 2.75) is 24.1 Å². The van der Waals surface area contributed by atoms with E-state index in [-0.39, 0.29) is 23.3 Å². The number of nitrogens with two attached hydrogens (primary N) is 1. The SMILES string of the molecule is CN(C)[C@@H]1C(O)=C(C(N)=O)C(=O)[C@@]2(OP)C(O)=C3C(=O)c4c(O)cccc4N[C@H]3C[C@@H]12. The highest BCUT2D eigenvalue weighted by Crippen LogP contribution is 2.52. The fourth-order valence-electron chi connectivity index (χ4n) is 5.00. The van der Waals surface area contributed by atoms with E-state index in [0.29, 0.717) is 5.69 Å². The Bertz CT molecular complexity index is 1100. The number of aromatic hydroxyl groups is 1. The fraction of sp³-hybridized carbons (Fsp3) is 0.350. The van der Waals surface area contributed by atoms with Gasteiger partial charge in [0.25, 0.3) is 5.91 Å². The van der Waals surface area contributed by atoms with Crippen LogP contribution < -0.4 is 11.1 Å². The topological polar surface area (TPSA) is 162 Å². The number of amides is 1. The number of nitrogens with one attached hydrogen (secondary N) is 1. The number of primary amides is 1. The first-order chi connectivity index (χ1) is 14.6. The number of phenols is 1. The van der Waals surface area contributed by atoms with E-state index < -0.39 is 58.2 Å². The number of nitrogens with zero attached hydrogens (tertiary/aromatic N) is 1. The largest absolute Gasteiger partial charge is 0.510 e. The third-order valence-corrected chi connectivity index (χ3v) is 6.65. The van der Waals surface area contributed by atoms with E-state index in [1.807, 2.05) is 9.47 Å². The molecule has 10 nitrogen and oxygen atoms in total. The van der Waals surface area contributed by atoms with Crippen LogP contribution in [0.15, 0.2) is 40.9 Å². The second-order valence-electron chi connectivity index (χ2n) is 8.05. The van der Waals surface area contributed by atoms with E-state index >= 15 is 0 Å². The number of aliphatic hydroxyl groups is 2. The summed E-state index contributed by atoms with van der Waals surface area (Å²) in [4.78, 5) is 40.3. The molecule has 1 amide bonds. The molecular formula is C20H22N3O7P. The molecule has 6 N–H and O–H groups in total. The van der Waals surface area contributed by atoms with E-state index in [0.717, 1.165) is 0 Å². The van der Waals surface area contributed by atoms with Crippen LogP contribution in [0.2, 0.25) is 0 Å². The molecule has 0 radical (unpaired) electrons. The molecule has 164 valence electrons. The highest BCUT2D eigenvalue weighted by molar-refractivity contribution is 7.10. The second kappa shape index (κ2) is 7.05. The molecule has 3 aliphatic rings. The normalized spacial score (nSPS) is 30.0. The number of benzene rings is 1. The lowest BCUT2D eigenvalue weighted by Crippen LogP contribution is -2.65. The van der Waals surface area contributed by atoms with Gasteiger partial charge < -0.3 is 30.9 Å². The summed E-state index contributed by atoms with van der Waals surface area (Å²) in [6.07, 6.45) is 0.0965. The maximum Gasteiger partial charge on any atom is 0.255 e. The van der Waals surface area contributed by atoms with Crippen LogP contribution in [0, 0.1) is 5.92 Å². The van der Waals surface area contributed by atoms with Crippen molar-refractivity contribution in [1.82, 2.24) is 4.90 Å². The molecular weight excluding hydrogens is 425 g/mol. The predicted molar refractivity (Wildman–Crippen MR) is 112 cm³/mol. The van der Waals surface area contributed by atoms with E-state index in [9.17, 15) is 29.7 Å². The maximum absolute atomic E-state index is 13.4. The van der Waals surface area contributed by atoms with Crippen molar-refractivity contribution in [2.75, 3.05) is 19.4 Å². The van der Waals surface area contributed by atoms with Crippen molar-refractivity contribution in [3.63, 3.8) is 0 Å². The molecule has 0 aromatic heterocycles. The Morgan fingerprint density at radius 3 is 2.55 bits per heavy atom. The fourth-order valence-corrected chi connectivity index (χ4v) is 5.40. The van der Waals surface area contributed by atoms with E-state index in [2.05, 4.69) is 5.32 Å². The predicted octanol–water partition coefficient (Wildman–Crippen LogP) is 0.557. The number of hydrogen-bond acceptors (Lipinski definition) is 9. The first-order valence-corrected chi connectivity index (χ1v) is 9.93. The van der Waals surface area contributed by atoms with Gasteiger partial charge in [-0.05, 0) is 32.6 Å². The molecule has 0 saturated carbocycles. The number of rotatable bonds is 3. The summed E-state index contributed by atoms with van der Waals surface area (Å²) in [5.41, 5.74) is 2.72. The first kappa shape index (κ1) is 21.3. The minimum Gasteiger partial charge on any atom is -0.510 e. The highest BCUT2D eigenvalue weighted by atomic mass is 31.0. The smallest absolute Gasteiger partial charge is 0.255 e. The summed E-state index contributed by atoms with van der Waals surface area (Å²) in [5, 5.41) is 35.4. The number of hydrogen-bond donors (Lipinski definition) is 5. The standard InChI is InChI=1S/C20H22N3O7P/c1-23(2)14-7-6-9-12(15(25)11-8(22-9)4-3-5-10(11)24)17(27)20(7,30-31)18(28)13(16(14)26)19(21)29/h3-5,7,9,14,22,24,26-27H,6,31H2,1-2H3,(H2,21,29)/t7-,9-,14-,20-/m0/s1. The van der Waals surface area contributed by atoms with E-state index in [1.54, 1.807) is 31.1 Å². The number of fused-ring (bicyclic) bond motifs is 3. The Hall–Kier alpha value is -2.94. The highest BCUT2D eigenvalue weighted by Gasteiger charge is 2.64. The molecule has 1 unspecified atom stereocenters. The van der Waals surface area contributed by atoms with Gasteiger partial charge in [-0.3, -0.25) is 19.3 Å². The molecule has 1 aliphatic heterocycles. The molecule has 31 heavy (non-hydrogen) atoms. The molecule has 5 atom stereocenters. The zero-order valence-electron chi connectivity index (χ0n) is 16.7. The van der Waals surface area contributed by atoms with Crippen LogP contribution in [0.25, 0.3) is 0 Å². The molecule has 11 heteroatoms. The Labute approximate surface area is 179 Å². The third-order valence-electron chi connectivity index (χ3n) is 6.28. The van der Waals surface area contributed by atoms with Gasteiger partial charge >= 0.3 is 0 Å². The van der Waals surface area contributed by atoms with Crippen LogP contribution in [0.3, 0.4) is 0 Å². The van der Waals surface area contributed by atoms with Crippen molar-refractivity contribution in [3.05, 3.63) is 46.4 Å². The Morgan fingerprint density at radius 2 is 1.97 bits per heavy atom. The lowest BCUT2D eigenvalue weighted by Gasteiger charge is -2.51. The van der Waals surface area contributed by atoms with Gasteiger partial charge in [-0.1, -0.05) is 6.07 Å². The van der Waals surface area contributed by atoms with E-state index in [4.69, 9.17) is 10.3 Å². The molecule has 1 aromatic rings. The summed E-state index contributed by atoms with van der Waals surface area (Å²) in [6, 6.07) is 2.89. The zero-order valence-corrected chi connectivity index (χ0v) is 17.9. The molecule has 0 bridgehead atoms. The van der Waals surface area contributed by atoms with E-state index in [1.165, 1.54) is 6.07 Å². The molecule has 2 aliphatic carbocycles. The number of phenolic OH excluding ortho intramolecular Hbond substituents is 1. The van der Waals surface area contributed by atoms with Gasteiger partial charge in [-0.15, -0.1) is 0 Å². The van der Waals surface area contributed by atoms with Crippen LogP contribution in [0.1, 0.15) is 16.8 Å². The van der Waals surface area contributed by atoms with Crippen LogP contribution >= 0.6 is 9.47 Å². The Morgan fingerprint density at radius 1 is 1.29 bits per heavy atom. The minimum atomic E-state index is -2.14. The van der Waals surface area contributed by atoms with Crippen LogP contribution in [0.5, 0.6) is 5.75 Å². The number of aliphatic hydroxyl groups excluding tert-OH is 2. The summed E-state index contributed by atoms with van der Waals surface area (Å²) in [7, 11) is 5.17. The Balaban J connectivity index is 2.01. The summed E-state index contributed by atoms with van der Waals surface area (Å²) in [5.74, 6) is -5.22. The number of carbonyl (C=O) groups is 3. The van der Waals surface area contributed by atoms with Gasteiger partial charge in [-0.2, -0.15) is 0 Å². The molecule has 0 spiro atoms. The van der Waals surface area contributed by atoms with Crippen molar-refractivity contribution in [3.8, 4) is 5.75 Å². The monoisotopic (exact) mass is 447 g/mol. The summed E-state index contributed by atoms with van der Waals surface area (Å²) in [6.45, 7) is 0. The first-order valence-electron chi connectivity index (χ1n) is 9.46. The van der Waals surface area contributed by atoms with Gasteiger partial charge in [0.2, 0.25) is 5.78 Å².